The first-order chi connectivity index (χ1) is 14.4. The van der Waals surface area contributed by atoms with E-state index in [0.717, 1.165) is 28.1 Å². The first-order valence-electron chi connectivity index (χ1n) is 9.15. The molecule has 0 atom stereocenters. The van der Waals surface area contributed by atoms with Gasteiger partial charge in [0.25, 0.3) is 0 Å². The van der Waals surface area contributed by atoms with Gasteiger partial charge in [-0.2, -0.15) is 5.26 Å². The highest BCUT2D eigenvalue weighted by atomic mass is 35.5. The lowest BCUT2D eigenvalue weighted by atomic mass is 10.1. The van der Waals surface area contributed by atoms with Crippen LogP contribution in [0, 0.1) is 24.1 Å². The lowest BCUT2D eigenvalue weighted by molar-refractivity contribution is 0.628. The molecule has 2 aromatic carbocycles. The standard InChI is InChI=1S/C22H18ClFN6/c1-13-22(27-12-29(13)2)30(3)16-5-7-20-17(9-16)21(14(10-25)11-26-20)28-15-4-6-19(24)18(23)8-15/h4-9,11-12H,1-3H3,(H,26,28). The molecule has 1 N–H and O–H groups in total. The van der Waals surface area contributed by atoms with Crippen molar-refractivity contribution in [2.24, 2.45) is 7.05 Å². The van der Waals surface area contributed by atoms with Crippen LogP contribution in [0.2, 0.25) is 5.02 Å². The summed E-state index contributed by atoms with van der Waals surface area (Å²) >= 11 is 5.92. The summed E-state index contributed by atoms with van der Waals surface area (Å²) < 4.78 is 15.5. The number of halogens is 2. The third-order valence-electron chi connectivity index (χ3n) is 5.07. The number of fused-ring (bicyclic) bond motifs is 1. The maximum Gasteiger partial charge on any atom is 0.153 e. The quantitative estimate of drug-likeness (QED) is 0.475. The van der Waals surface area contributed by atoms with E-state index in [-0.39, 0.29) is 5.02 Å². The Labute approximate surface area is 178 Å². The number of aromatic nitrogens is 3. The number of hydrogen-bond acceptors (Lipinski definition) is 5. The third kappa shape index (κ3) is 3.42. The van der Waals surface area contributed by atoms with Crippen molar-refractivity contribution < 1.29 is 4.39 Å². The van der Waals surface area contributed by atoms with Gasteiger partial charge in [0.05, 0.1) is 33.8 Å². The first-order valence-corrected chi connectivity index (χ1v) is 9.53. The van der Waals surface area contributed by atoms with Gasteiger partial charge < -0.3 is 14.8 Å². The molecule has 0 spiro atoms. The average Bonchev–Trinajstić information content (AvgIpc) is 3.08. The largest absolute Gasteiger partial charge is 0.354 e. The van der Waals surface area contributed by atoms with E-state index >= 15 is 0 Å². The fraction of sp³-hybridized carbons (Fsp3) is 0.136. The Kier molecular flexibility index (Phi) is 5.02. The van der Waals surface area contributed by atoms with Crippen molar-refractivity contribution in [2.75, 3.05) is 17.3 Å². The molecule has 6 nitrogen and oxygen atoms in total. The fourth-order valence-electron chi connectivity index (χ4n) is 3.26. The number of benzene rings is 2. The summed E-state index contributed by atoms with van der Waals surface area (Å²) in [6, 6.07) is 12.3. The van der Waals surface area contributed by atoms with Gasteiger partial charge in [0.15, 0.2) is 5.82 Å². The van der Waals surface area contributed by atoms with E-state index in [1.54, 1.807) is 12.4 Å². The van der Waals surface area contributed by atoms with Crippen molar-refractivity contribution in [3.05, 3.63) is 71.0 Å². The predicted molar refractivity (Wildman–Crippen MR) is 117 cm³/mol. The van der Waals surface area contributed by atoms with Gasteiger partial charge in [-0.3, -0.25) is 4.98 Å². The molecule has 0 saturated carbocycles. The average molecular weight is 421 g/mol. The van der Waals surface area contributed by atoms with Crippen LogP contribution in [0.4, 0.5) is 27.3 Å². The normalized spacial score (nSPS) is 10.8. The van der Waals surface area contributed by atoms with Gasteiger partial charge in [0.1, 0.15) is 11.9 Å². The van der Waals surface area contributed by atoms with E-state index in [4.69, 9.17) is 11.6 Å². The molecule has 0 radical (unpaired) electrons. The predicted octanol–water partition coefficient (Wildman–Crippen LogP) is 5.45. The number of hydrogen-bond donors (Lipinski definition) is 1. The monoisotopic (exact) mass is 420 g/mol. The number of aryl methyl sites for hydroxylation is 1. The van der Waals surface area contributed by atoms with E-state index in [1.807, 2.05) is 48.7 Å². The molecule has 4 aromatic rings. The van der Waals surface area contributed by atoms with E-state index < -0.39 is 5.82 Å². The summed E-state index contributed by atoms with van der Waals surface area (Å²) in [6.07, 6.45) is 3.28. The highest BCUT2D eigenvalue weighted by Crippen LogP contribution is 2.34. The molecule has 2 heterocycles. The van der Waals surface area contributed by atoms with Crippen molar-refractivity contribution in [3.63, 3.8) is 0 Å². The number of rotatable bonds is 4. The van der Waals surface area contributed by atoms with Crippen molar-refractivity contribution in [1.29, 1.82) is 5.26 Å². The first kappa shape index (κ1) is 19.7. The maximum absolute atomic E-state index is 13.5. The van der Waals surface area contributed by atoms with Gasteiger partial charge in [0.2, 0.25) is 0 Å². The zero-order valence-electron chi connectivity index (χ0n) is 16.6. The van der Waals surface area contributed by atoms with E-state index in [2.05, 4.69) is 21.4 Å². The topological polar surface area (TPSA) is 69.8 Å². The van der Waals surface area contributed by atoms with Crippen LogP contribution in [0.1, 0.15) is 11.3 Å². The van der Waals surface area contributed by atoms with Crippen LogP contribution in [0.3, 0.4) is 0 Å². The van der Waals surface area contributed by atoms with Crippen LogP contribution in [-0.2, 0) is 7.05 Å². The fourth-order valence-corrected chi connectivity index (χ4v) is 3.44. The van der Waals surface area contributed by atoms with Crippen LogP contribution in [0.25, 0.3) is 10.9 Å². The van der Waals surface area contributed by atoms with Crippen LogP contribution >= 0.6 is 11.6 Å². The summed E-state index contributed by atoms with van der Waals surface area (Å²) in [6.45, 7) is 2.00. The Balaban J connectivity index is 1.84. The molecule has 0 fully saturated rings. The van der Waals surface area contributed by atoms with Gasteiger partial charge in [0, 0.05) is 37.1 Å². The molecule has 4 rings (SSSR count). The van der Waals surface area contributed by atoms with Gasteiger partial charge in [-0.25, -0.2) is 9.37 Å². The highest BCUT2D eigenvalue weighted by molar-refractivity contribution is 6.31. The number of nitrogens with zero attached hydrogens (tertiary/aromatic N) is 5. The van der Waals surface area contributed by atoms with Crippen molar-refractivity contribution >= 4 is 45.4 Å². The Morgan fingerprint density at radius 2 is 2.00 bits per heavy atom. The van der Waals surface area contributed by atoms with Gasteiger partial charge >= 0.3 is 0 Å². The van der Waals surface area contributed by atoms with Crippen molar-refractivity contribution in [1.82, 2.24) is 14.5 Å². The molecule has 0 saturated heterocycles. The molecule has 0 aliphatic rings. The molecule has 2 aromatic heterocycles. The minimum Gasteiger partial charge on any atom is -0.354 e. The van der Waals surface area contributed by atoms with Crippen LogP contribution in [-0.4, -0.2) is 21.6 Å². The number of nitrogens with one attached hydrogen (secondary N) is 1. The minimum absolute atomic E-state index is 0.00270. The Hall–Kier alpha value is -3.63. The zero-order valence-corrected chi connectivity index (χ0v) is 17.4. The van der Waals surface area contributed by atoms with E-state index in [1.165, 1.54) is 18.3 Å². The van der Waals surface area contributed by atoms with E-state index in [9.17, 15) is 9.65 Å². The highest BCUT2D eigenvalue weighted by Gasteiger charge is 2.15. The summed E-state index contributed by atoms with van der Waals surface area (Å²) in [7, 11) is 3.88. The molecule has 0 unspecified atom stereocenters. The second-order valence-corrected chi connectivity index (χ2v) is 7.34. The Morgan fingerprint density at radius 3 is 2.67 bits per heavy atom. The number of anilines is 4. The molecule has 0 aliphatic heterocycles. The lowest BCUT2D eigenvalue weighted by Gasteiger charge is -2.19. The van der Waals surface area contributed by atoms with Gasteiger partial charge in [-0.05, 0) is 43.3 Å². The smallest absolute Gasteiger partial charge is 0.153 e. The molecule has 8 heteroatoms. The molecular formula is C22H18ClFN6. The van der Waals surface area contributed by atoms with Crippen molar-refractivity contribution in [3.8, 4) is 6.07 Å². The third-order valence-corrected chi connectivity index (χ3v) is 5.36. The molecule has 0 bridgehead atoms. The summed E-state index contributed by atoms with van der Waals surface area (Å²) in [4.78, 5) is 10.8. The molecule has 0 aliphatic carbocycles. The lowest BCUT2D eigenvalue weighted by Crippen LogP contribution is -2.11. The molecule has 150 valence electrons. The number of pyridine rings is 1. The summed E-state index contributed by atoms with van der Waals surface area (Å²) in [5, 5.41) is 13.6. The van der Waals surface area contributed by atoms with E-state index in [0.29, 0.717) is 16.9 Å². The molecular weight excluding hydrogens is 403 g/mol. The van der Waals surface area contributed by atoms with Crippen LogP contribution in [0.15, 0.2) is 48.9 Å². The molecule has 0 amide bonds. The van der Waals surface area contributed by atoms with Crippen LogP contribution < -0.4 is 10.2 Å². The maximum atomic E-state index is 13.5. The Bertz CT molecular complexity index is 1310. The number of imidazole rings is 1. The number of nitriles is 1. The van der Waals surface area contributed by atoms with Gasteiger partial charge in [-0.15, -0.1) is 0 Å². The molecule has 30 heavy (non-hydrogen) atoms. The van der Waals surface area contributed by atoms with Crippen molar-refractivity contribution in [2.45, 2.75) is 6.92 Å². The van der Waals surface area contributed by atoms with Crippen LogP contribution in [0.5, 0.6) is 0 Å². The summed E-state index contributed by atoms with van der Waals surface area (Å²) in [5.74, 6) is 0.332. The summed E-state index contributed by atoms with van der Waals surface area (Å²) in [5.41, 5.74) is 4.17. The second kappa shape index (κ2) is 7.65. The second-order valence-electron chi connectivity index (χ2n) is 6.94. The minimum atomic E-state index is -0.503. The zero-order chi connectivity index (χ0) is 21.4. The Morgan fingerprint density at radius 1 is 1.20 bits per heavy atom. The van der Waals surface area contributed by atoms with Gasteiger partial charge in [-0.1, -0.05) is 11.6 Å². The SMILES string of the molecule is Cc1c(N(C)c2ccc3ncc(C#N)c(Nc4ccc(F)c(Cl)c4)c3c2)ncn1C.